The lowest BCUT2D eigenvalue weighted by molar-refractivity contribution is 0.518. The highest BCUT2D eigenvalue weighted by atomic mass is 35.5. The average molecular weight is 218 g/mol. The minimum absolute atomic E-state index is 0. The van der Waals surface area contributed by atoms with Crippen LogP contribution in [0.25, 0.3) is 0 Å². The van der Waals surface area contributed by atoms with Gasteiger partial charge in [-0.3, -0.25) is 4.68 Å². The molecule has 0 radical (unpaired) electrons. The molecule has 0 bridgehead atoms. The van der Waals surface area contributed by atoms with Crippen LogP contribution in [-0.2, 0) is 6.54 Å². The molecule has 1 rings (SSSR count). The molecule has 0 amide bonds. The molecule has 14 heavy (non-hydrogen) atoms. The van der Waals surface area contributed by atoms with Gasteiger partial charge in [0.2, 0.25) is 0 Å². The predicted octanol–water partition coefficient (Wildman–Crippen LogP) is 2.30. The Labute approximate surface area is 92.3 Å². The Morgan fingerprint density at radius 3 is 2.57 bits per heavy atom. The fourth-order valence-corrected chi connectivity index (χ4v) is 1.41. The second-order valence-electron chi connectivity index (χ2n) is 3.57. The first-order valence-corrected chi connectivity index (χ1v) is 4.90. The van der Waals surface area contributed by atoms with Crippen molar-refractivity contribution in [1.29, 1.82) is 0 Å². The molecule has 0 aromatic carbocycles. The predicted molar refractivity (Wildman–Crippen MR) is 62.0 cm³/mol. The van der Waals surface area contributed by atoms with Crippen LogP contribution in [0.4, 0.5) is 0 Å². The number of nitrogens with zero attached hydrogens (tertiary/aromatic N) is 2. The van der Waals surface area contributed by atoms with E-state index in [1.165, 1.54) is 11.3 Å². The van der Waals surface area contributed by atoms with E-state index in [-0.39, 0.29) is 12.4 Å². The fourth-order valence-electron chi connectivity index (χ4n) is 1.41. The van der Waals surface area contributed by atoms with Crippen LogP contribution < -0.4 is 5.32 Å². The van der Waals surface area contributed by atoms with Gasteiger partial charge in [-0.1, -0.05) is 6.92 Å². The summed E-state index contributed by atoms with van der Waals surface area (Å²) in [5, 5.41) is 7.65. The molecular formula is C10H20ClN3. The van der Waals surface area contributed by atoms with Gasteiger partial charge in [0.15, 0.2) is 0 Å². The Balaban J connectivity index is 0.00000169. The van der Waals surface area contributed by atoms with Crippen LogP contribution in [0.15, 0.2) is 6.20 Å². The van der Waals surface area contributed by atoms with Crippen molar-refractivity contribution in [2.45, 2.75) is 40.3 Å². The molecule has 0 aliphatic rings. The maximum Gasteiger partial charge on any atom is 0.0537 e. The van der Waals surface area contributed by atoms with Gasteiger partial charge in [0.1, 0.15) is 0 Å². The number of nitrogens with one attached hydrogen (secondary N) is 1. The number of hydrogen-bond acceptors (Lipinski definition) is 2. The van der Waals surface area contributed by atoms with Crippen molar-refractivity contribution in [3.8, 4) is 0 Å². The summed E-state index contributed by atoms with van der Waals surface area (Å²) in [4.78, 5) is 0. The average Bonchev–Trinajstić information content (AvgIpc) is 2.43. The number of rotatable bonds is 4. The van der Waals surface area contributed by atoms with Gasteiger partial charge < -0.3 is 5.32 Å². The van der Waals surface area contributed by atoms with Crippen LogP contribution in [0.5, 0.6) is 0 Å². The van der Waals surface area contributed by atoms with E-state index in [4.69, 9.17) is 0 Å². The molecule has 0 atom stereocenters. The number of aromatic nitrogens is 2. The Hall–Kier alpha value is -0.540. The SMILES string of the molecule is CCNCc1cnn(C(C)C)c1C.Cl. The first-order valence-electron chi connectivity index (χ1n) is 4.90. The largest absolute Gasteiger partial charge is 0.313 e. The highest BCUT2D eigenvalue weighted by molar-refractivity contribution is 5.85. The molecule has 4 heteroatoms. The van der Waals surface area contributed by atoms with E-state index >= 15 is 0 Å². The molecule has 0 saturated heterocycles. The zero-order chi connectivity index (χ0) is 9.84. The van der Waals surface area contributed by atoms with E-state index in [9.17, 15) is 0 Å². The lowest BCUT2D eigenvalue weighted by Crippen LogP contribution is -2.13. The third-order valence-corrected chi connectivity index (χ3v) is 2.20. The van der Waals surface area contributed by atoms with Gasteiger partial charge in [-0.15, -0.1) is 12.4 Å². The molecule has 1 N–H and O–H groups in total. The first-order chi connectivity index (χ1) is 6.16. The van der Waals surface area contributed by atoms with Crippen molar-refractivity contribution in [3.05, 3.63) is 17.5 Å². The van der Waals surface area contributed by atoms with Crippen LogP contribution in [0.2, 0.25) is 0 Å². The Bertz CT molecular complexity index is 268. The molecule has 0 saturated carbocycles. The smallest absolute Gasteiger partial charge is 0.0537 e. The highest BCUT2D eigenvalue weighted by Gasteiger charge is 2.07. The summed E-state index contributed by atoms with van der Waals surface area (Å²) in [6, 6.07) is 0.454. The van der Waals surface area contributed by atoms with Crippen molar-refractivity contribution >= 4 is 12.4 Å². The Morgan fingerprint density at radius 1 is 1.50 bits per heavy atom. The van der Waals surface area contributed by atoms with E-state index < -0.39 is 0 Å². The highest BCUT2D eigenvalue weighted by Crippen LogP contribution is 2.12. The van der Waals surface area contributed by atoms with Crippen molar-refractivity contribution < 1.29 is 0 Å². The van der Waals surface area contributed by atoms with Gasteiger partial charge in [0.25, 0.3) is 0 Å². The Kier molecular flexibility index (Phi) is 5.81. The molecule has 0 spiro atoms. The summed E-state index contributed by atoms with van der Waals surface area (Å²) in [7, 11) is 0. The van der Waals surface area contributed by atoms with Gasteiger partial charge in [0.05, 0.1) is 6.20 Å². The summed E-state index contributed by atoms with van der Waals surface area (Å²) in [5.74, 6) is 0. The summed E-state index contributed by atoms with van der Waals surface area (Å²) < 4.78 is 2.06. The van der Waals surface area contributed by atoms with Crippen LogP contribution >= 0.6 is 12.4 Å². The summed E-state index contributed by atoms with van der Waals surface area (Å²) in [6.07, 6.45) is 1.96. The molecule has 1 heterocycles. The summed E-state index contributed by atoms with van der Waals surface area (Å²) >= 11 is 0. The lowest BCUT2D eigenvalue weighted by atomic mass is 10.2. The molecule has 1 aromatic rings. The van der Waals surface area contributed by atoms with Crippen molar-refractivity contribution in [2.24, 2.45) is 0 Å². The maximum atomic E-state index is 4.34. The summed E-state index contributed by atoms with van der Waals surface area (Å²) in [5.41, 5.74) is 2.58. The zero-order valence-electron chi connectivity index (χ0n) is 9.37. The van der Waals surface area contributed by atoms with Crippen molar-refractivity contribution in [1.82, 2.24) is 15.1 Å². The molecule has 1 aromatic heterocycles. The van der Waals surface area contributed by atoms with Gasteiger partial charge in [-0.25, -0.2) is 0 Å². The molecular weight excluding hydrogens is 198 g/mol. The van der Waals surface area contributed by atoms with Crippen LogP contribution in [0.3, 0.4) is 0 Å². The second kappa shape index (κ2) is 6.04. The molecule has 3 nitrogen and oxygen atoms in total. The number of halogens is 1. The third kappa shape index (κ3) is 3.00. The van der Waals surface area contributed by atoms with Crippen LogP contribution in [0.1, 0.15) is 38.1 Å². The van der Waals surface area contributed by atoms with Gasteiger partial charge >= 0.3 is 0 Å². The summed E-state index contributed by atoms with van der Waals surface area (Å²) in [6.45, 7) is 10.5. The Morgan fingerprint density at radius 2 is 2.14 bits per heavy atom. The maximum absolute atomic E-state index is 4.34. The van der Waals surface area contributed by atoms with E-state index in [1.807, 2.05) is 6.20 Å². The van der Waals surface area contributed by atoms with E-state index in [2.05, 4.69) is 42.8 Å². The van der Waals surface area contributed by atoms with Gasteiger partial charge in [-0.05, 0) is 27.3 Å². The fraction of sp³-hybridized carbons (Fsp3) is 0.700. The third-order valence-electron chi connectivity index (χ3n) is 2.20. The second-order valence-corrected chi connectivity index (χ2v) is 3.57. The van der Waals surface area contributed by atoms with E-state index in [0.29, 0.717) is 6.04 Å². The topological polar surface area (TPSA) is 29.9 Å². The van der Waals surface area contributed by atoms with Gasteiger partial charge in [0, 0.05) is 23.8 Å². The lowest BCUT2D eigenvalue weighted by Gasteiger charge is -2.08. The van der Waals surface area contributed by atoms with Gasteiger partial charge in [-0.2, -0.15) is 5.10 Å². The van der Waals surface area contributed by atoms with E-state index in [0.717, 1.165) is 13.1 Å². The molecule has 0 unspecified atom stereocenters. The van der Waals surface area contributed by atoms with Crippen molar-refractivity contribution in [2.75, 3.05) is 6.54 Å². The minimum Gasteiger partial charge on any atom is -0.313 e. The normalized spacial score (nSPS) is 10.4. The van der Waals surface area contributed by atoms with Crippen LogP contribution in [-0.4, -0.2) is 16.3 Å². The minimum atomic E-state index is 0. The van der Waals surface area contributed by atoms with E-state index in [1.54, 1.807) is 0 Å². The molecule has 82 valence electrons. The standard InChI is InChI=1S/C10H19N3.ClH/c1-5-11-6-10-7-12-13(8(2)3)9(10)4;/h7-8,11H,5-6H2,1-4H3;1H. The van der Waals surface area contributed by atoms with Crippen LogP contribution in [0, 0.1) is 6.92 Å². The zero-order valence-corrected chi connectivity index (χ0v) is 10.2. The molecule has 0 aliphatic heterocycles. The number of hydrogen-bond donors (Lipinski definition) is 1. The first kappa shape index (κ1) is 13.5. The molecule has 0 aliphatic carbocycles. The quantitative estimate of drug-likeness (QED) is 0.839. The van der Waals surface area contributed by atoms with Crippen molar-refractivity contribution in [3.63, 3.8) is 0 Å². The monoisotopic (exact) mass is 217 g/mol. The molecule has 0 fully saturated rings.